The molecule has 4 rings (SSSR count). The number of H-pyrrole nitrogens is 1. The summed E-state index contributed by atoms with van der Waals surface area (Å²) in [5, 5.41) is 13.9. The van der Waals surface area contributed by atoms with Crippen LogP contribution < -0.4 is 21.3 Å². The van der Waals surface area contributed by atoms with Crippen LogP contribution >= 0.6 is 0 Å². The number of aliphatic hydroxyl groups excluding tert-OH is 1. The van der Waals surface area contributed by atoms with Gasteiger partial charge < -0.3 is 19.7 Å². The van der Waals surface area contributed by atoms with Crippen LogP contribution in [0, 0.1) is 6.92 Å². The lowest BCUT2D eigenvalue weighted by Gasteiger charge is -2.16. The Bertz CT molecular complexity index is 1360. The number of aromatic amines is 1. The molecule has 1 atom stereocenters. The van der Waals surface area contributed by atoms with Gasteiger partial charge in [0.25, 0.3) is 5.56 Å². The molecule has 0 fully saturated rings. The topological polar surface area (TPSA) is 114 Å². The fourth-order valence-electron chi connectivity index (χ4n) is 3.68. The highest BCUT2D eigenvalue weighted by molar-refractivity contribution is 5.74. The maximum Gasteiger partial charge on any atom is 0.329 e. The molecule has 2 aromatic carbocycles. The molecule has 2 heterocycles. The number of ether oxygens (including phenoxy) is 1. The zero-order valence-electron chi connectivity index (χ0n) is 18.6. The van der Waals surface area contributed by atoms with E-state index in [1.165, 1.54) is 4.57 Å². The second-order valence-electron chi connectivity index (χ2n) is 7.93. The summed E-state index contributed by atoms with van der Waals surface area (Å²) in [7, 11) is 1.55. The standard InChI is InChI=1S/C24H27N5O4/c1-16-8-6-7-11-19(16)33-15-18(30)14-29-20-21(28(2)24(32)27-22(20)31)26-23(29)25-13-12-17-9-4-3-5-10-17/h3-11,18,30H,12-15H2,1-2H3,(H,25,26)(H,27,31,32)/t18-/m1/s1. The quantitative estimate of drug-likeness (QED) is 0.359. The highest BCUT2D eigenvalue weighted by atomic mass is 16.5. The van der Waals surface area contributed by atoms with Crippen LogP contribution in [-0.4, -0.2) is 43.5 Å². The first kappa shape index (κ1) is 22.3. The van der Waals surface area contributed by atoms with Gasteiger partial charge in [-0.2, -0.15) is 4.98 Å². The van der Waals surface area contributed by atoms with E-state index in [-0.39, 0.29) is 24.3 Å². The van der Waals surface area contributed by atoms with Crippen molar-refractivity contribution in [3.63, 3.8) is 0 Å². The summed E-state index contributed by atoms with van der Waals surface area (Å²) < 4.78 is 8.65. The van der Waals surface area contributed by atoms with Crippen molar-refractivity contribution in [1.82, 2.24) is 19.1 Å². The van der Waals surface area contributed by atoms with Crippen LogP contribution in [-0.2, 0) is 20.0 Å². The zero-order valence-corrected chi connectivity index (χ0v) is 18.6. The van der Waals surface area contributed by atoms with Crippen molar-refractivity contribution < 1.29 is 9.84 Å². The minimum Gasteiger partial charge on any atom is -0.491 e. The first-order valence-corrected chi connectivity index (χ1v) is 10.8. The van der Waals surface area contributed by atoms with E-state index in [9.17, 15) is 14.7 Å². The zero-order chi connectivity index (χ0) is 23.4. The van der Waals surface area contributed by atoms with E-state index in [4.69, 9.17) is 4.74 Å². The van der Waals surface area contributed by atoms with Gasteiger partial charge in [0.1, 0.15) is 18.5 Å². The lowest BCUT2D eigenvalue weighted by atomic mass is 10.1. The number of fused-ring (bicyclic) bond motifs is 1. The van der Waals surface area contributed by atoms with Gasteiger partial charge in [0, 0.05) is 13.6 Å². The van der Waals surface area contributed by atoms with E-state index >= 15 is 0 Å². The third-order valence-corrected chi connectivity index (χ3v) is 5.46. The van der Waals surface area contributed by atoms with Crippen molar-refractivity contribution in [3.05, 3.63) is 86.6 Å². The highest BCUT2D eigenvalue weighted by Gasteiger charge is 2.20. The van der Waals surface area contributed by atoms with Gasteiger partial charge in [-0.05, 0) is 30.5 Å². The van der Waals surface area contributed by atoms with E-state index in [1.54, 1.807) is 11.6 Å². The minimum atomic E-state index is -0.909. The number of anilines is 1. The lowest BCUT2D eigenvalue weighted by molar-refractivity contribution is 0.0935. The monoisotopic (exact) mass is 449 g/mol. The predicted molar refractivity (Wildman–Crippen MR) is 127 cm³/mol. The molecule has 3 N–H and O–H groups in total. The van der Waals surface area contributed by atoms with Crippen LogP contribution in [0.1, 0.15) is 11.1 Å². The van der Waals surface area contributed by atoms with Crippen molar-refractivity contribution >= 4 is 17.1 Å². The van der Waals surface area contributed by atoms with Crippen molar-refractivity contribution in [1.29, 1.82) is 0 Å². The largest absolute Gasteiger partial charge is 0.491 e. The summed E-state index contributed by atoms with van der Waals surface area (Å²) in [6.07, 6.45) is -0.161. The molecule has 9 heteroatoms. The van der Waals surface area contributed by atoms with Gasteiger partial charge in [0.15, 0.2) is 11.2 Å². The summed E-state index contributed by atoms with van der Waals surface area (Å²) in [5.41, 5.74) is 1.49. The van der Waals surface area contributed by atoms with Gasteiger partial charge in [0.2, 0.25) is 5.95 Å². The van der Waals surface area contributed by atoms with Gasteiger partial charge in [-0.1, -0.05) is 48.5 Å². The third kappa shape index (κ3) is 4.98. The SMILES string of the molecule is Cc1ccccc1OC[C@H](O)Cn1c(NCCc2ccccc2)nc2c1c(=O)[nH]c(=O)n2C. The van der Waals surface area contributed by atoms with Crippen molar-refractivity contribution in [2.75, 3.05) is 18.5 Å². The predicted octanol–water partition coefficient (Wildman–Crippen LogP) is 1.83. The molecule has 0 radical (unpaired) electrons. The van der Waals surface area contributed by atoms with Crippen LogP contribution in [0.25, 0.3) is 11.2 Å². The fraction of sp³-hybridized carbons (Fsp3) is 0.292. The Kier molecular flexibility index (Phi) is 6.60. The molecule has 4 aromatic rings. The Morgan fingerprint density at radius 2 is 1.85 bits per heavy atom. The number of aliphatic hydroxyl groups is 1. The van der Waals surface area contributed by atoms with Crippen LogP contribution in [0.4, 0.5) is 5.95 Å². The summed E-state index contributed by atoms with van der Waals surface area (Å²) >= 11 is 0. The number of aromatic nitrogens is 4. The number of hydrogen-bond acceptors (Lipinski definition) is 6. The second kappa shape index (κ2) is 9.74. The smallest absolute Gasteiger partial charge is 0.329 e. The molecule has 2 aromatic heterocycles. The van der Waals surface area contributed by atoms with Crippen molar-refractivity contribution in [2.45, 2.75) is 26.0 Å². The molecule has 0 saturated carbocycles. The van der Waals surface area contributed by atoms with Gasteiger partial charge in [0.05, 0.1) is 6.54 Å². The van der Waals surface area contributed by atoms with E-state index in [1.807, 2.05) is 61.5 Å². The van der Waals surface area contributed by atoms with Crippen molar-refractivity contribution in [2.24, 2.45) is 7.05 Å². The van der Waals surface area contributed by atoms with Crippen LogP contribution in [0.2, 0.25) is 0 Å². The molecule has 0 saturated heterocycles. The Labute approximate surface area is 190 Å². The molecule has 0 spiro atoms. The molecule has 0 aliphatic carbocycles. The van der Waals surface area contributed by atoms with E-state index in [0.29, 0.717) is 18.2 Å². The minimum absolute atomic E-state index is 0.0393. The number of nitrogens with one attached hydrogen (secondary N) is 2. The molecule has 0 aliphatic heterocycles. The van der Waals surface area contributed by atoms with Gasteiger partial charge in [-0.25, -0.2) is 4.79 Å². The molecule has 0 amide bonds. The average Bonchev–Trinajstić information content (AvgIpc) is 3.16. The van der Waals surface area contributed by atoms with E-state index < -0.39 is 17.4 Å². The Morgan fingerprint density at radius 3 is 2.61 bits per heavy atom. The normalized spacial score (nSPS) is 12.1. The van der Waals surface area contributed by atoms with Crippen LogP contribution in [0.3, 0.4) is 0 Å². The van der Waals surface area contributed by atoms with Crippen LogP contribution in [0.15, 0.2) is 64.2 Å². The van der Waals surface area contributed by atoms with Gasteiger partial charge in [-0.3, -0.25) is 14.3 Å². The lowest BCUT2D eigenvalue weighted by Crippen LogP contribution is -2.31. The summed E-state index contributed by atoms with van der Waals surface area (Å²) in [6.45, 7) is 2.60. The van der Waals surface area contributed by atoms with Gasteiger partial charge in [-0.15, -0.1) is 0 Å². The molecule has 0 unspecified atom stereocenters. The first-order valence-electron chi connectivity index (χ1n) is 10.8. The van der Waals surface area contributed by atoms with Crippen LogP contribution in [0.5, 0.6) is 5.75 Å². The van der Waals surface area contributed by atoms with E-state index in [2.05, 4.69) is 15.3 Å². The van der Waals surface area contributed by atoms with Crippen molar-refractivity contribution in [3.8, 4) is 5.75 Å². The summed E-state index contributed by atoms with van der Waals surface area (Å²) in [6, 6.07) is 17.5. The third-order valence-electron chi connectivity index (χ3n) is 5.46. The molecule has 172 valence electrons. The second-order valence-corrected chi connectivity index (χ2v) is 7.93. The molecule has 0 bridgehead atoms. The number of imidazole rings is 1. The molecule has 33 heavy (non-hydrogen) atoms. The van der Waals surface area contributed by atoms with E-state index in [0.717, 1.165) is 17.5 Å². The summed E-state index contributed by atoms with van der Waals surface area (Å²) in [5.74, 6) is 1.09. The Balaban J connectivity index is 1.58. The molecular weight excluding hydrogens is 422 g/mol. The highest BCUT2D eigenvalue weighted by Crippen LogP contribution is 2.19. The number of rotatable bonds is 9. The Morgan fingerprint density at radius 1 is 1.12 bits per heavy atom. The summed E-state index contributed by atoms with van der Waals surface area (Å²) in [4.78, 5) is 31.5. The number of aryl methyl sites for hydroxylation is 2. The number of para-hydroxylation sites is 1. The molecule has 0 aliphatic rings. The molecular formula is C24H27N5O4. The maximum absolute atomic E-state index is 12.6. The Hall–Kier alpha value is -3.85. The number of hydrogen-bond donors (Lipinski definition) is 3. The average molecular weight is 450 g/mol. The first-order chi connectivity index (χ1) is 15.9. The fourth-order valence-corrected chi connectivity index (χ4v) is 3.68. The maximum atomic E-state index is 12.6. The number of benzene rings is 2. The number of nitrogens with zero attached hydrogens (tertiary/aromatic N) is 3. The molecule has 9 nitrogen and oxygen atoms in total. The van der Waals surface area contributed by atoms with Gasteiger partial charge >= 0.3 is 5.69 Å².